The summed E-state index contributed by atoms with van der Waals surface area (Å²) in [6, 6.07) is 0. The average Bonchev–Trinajstić information content (AvgIpc) is 1.18. The second-order valence-electron chi connectivity index (χ2n) is 32.2. The van der Waals surface area contributed by atoms with E-state index in [9.17, 15) is 0 Å². The van der Waals surface area contributed by atoms with E-state index in [0.29, 0.717) is 13.0 Å². The van der Waals surface area contributed by atoms with Crippen molar-refractivity contribution in [2.45, 2.75) is 542 Å². The summed E-state index contributed by atoms with van der Waals surface area (Å²) in [5.41, 5.74) is 0. The van der Waals surface area contributed by atoms with Crippen molar-refractivity contribution >= 4 is 112 Å². The fourth-order valence-electron chi connectivity index (χ4n) is 14.8. The van der Waals surface area contributed by atoms with Crippen LogP contribution in [-0.4, -0.2) is 91.4 Å². The zero-order chi connectivity index (χ0) is 74.9. The van der Waals surface area contributed by atoms with Gasteiger partial charge >= 0.3 is 24.4 Å². The molecule has 0 aliphatic heterocycles. The number of rotatable bonds is 84. The Bertz CT molecular complexity index is 1290. The third-order valence-corrected chi connectivity index (χ3v) is 23.5. The maximum atomic E-state index is 5.34. The molecule has 0 aromatic carbocycles. The smallest absolute Gasteiger partial charge is 0.411 e. The molecule has 0 saturated carbocycles. The normalized spacial score (nSPS) is 11.1. The maximum Gasteiger partial charge on any atom is 3.00 e. The molecule has 0 amide bonds. The number of thiocarbonyl (C=S) groups is 3. The number of hydrogen-bond acceptors (Lipinski definition) is 6. The van der Waals surface area contributed by atoms with Crippen molar-refractivity contribution < 1.29 is 0 Å². The van der Waals surface area contributed by atoms with E-state index in [0.717, 1.165) is 39.3 Å². The maximum absolute atomic E-state index is 5.34. The van der Waals surface area contributed by atoms with Gasteiger partial charge in [0.25, 0.3) is 0 Å². The van der Waals surface area contributed by atoms with E-state index in [4.69, 9.17) is 74.5 Å². The third kappa shape index (κ3) is 99.2. The Morgan fingerprint density at radius 3 is 0.282 bits per heavy atom. The van der Waals surface area contributed by atoms with Crippen molar-refractivity contribution in [3.05, 3.63) is 0 Å². The van der Waals surface area contributed by atoms with Crippen LogP contribution in [-0.2, 0) is 37.9 Å². The molecule has 0 N–H and O–H groups in total. The first-order valence-electron chi connectivity index (χ1n) is 47.0. The molecule has 0 aliphatic carbocycles. The van der Waals surface area contributed by atoms with Gasteiger partial charge in [0.2, 0.25) is 0 Å². The molecule has 3 nitrogen and oxygen atoms in total. The average molecular weight is 1660 g/mol. The largest absolute Gasteiger partial charge is 3.00 e. The molecule has 10 heteroatoms. The molecular formula is C93H186N3S6Sb. The van der Waals surface area contributed by atoms with Crippen molar-refractivity contribution in [2.75, 3.05) is 39.3 Å². The molecule has 0 unspecified atom stereocenters. The summed E-state index contributed by atoms with van der Waals surface area (Å²) in [5.74, 6) is 0. The molecule has 103 heavy (non-hydrogen) atoms. The monoisotopic (exact) mass is 1660 g/mol. The van der Waals surface area contributed by atoms with E-state index in [2.05, 4.69) is 56.2 Å². The molecule has 0 heterocycles. The van der Waals surface area contributed by atoms with Crippen LogP contribution >= 0.6 is 36.7 Å². The van der Waals surface area contributed by atoms with Crippen LogP contribution < -0.4 is 0 Å². The summed E-state index contributed by atoms with van der Waals surface area (Å²) in [5, 5.41) is 0. The van der Waals surface area contributed by atoms with E-state index in [1.54, 1.807) is 0 Å². The van der Waals surface area contributed by atoms with E-state index >= 15 is 0 Å². The molecule has 0 bridgehead atoms. The Kier molecular flexibility index (Phi) is 109. The van der Waals surface area contributed by atoms with Gasteiger partial charge in [-0.1, -0.05) is 517 Å². The second kappa shape index (κ2) is 101. The first-order valence-corrected chi connectivity index (χ1v) is 49.5. The van der Waals surface area contributed by atoms with Crippen LogP contribution in [0.3, 0.4) is 0 Å². The molecule has 0 saturated heterocycles. The molecular weight excluding hydrogens is 1470 g/mol. The van der Waals surface area contributed by atoms with Crippen LogP contribution in [0.4, 0.5) is 0 Å². The zero-order valence-electron chi connectivity index (χ0n) is 71.1. The number of nitrogens with zero attached hydrogens (tertiary/aromatic N) is 3. The van der Waals surface area contributed by atoms with Gasteiger partial charge in [-0.3, -0.25) is 0 Å². The molecule has 614 valence electrons. The second-order valence-corrected chi connectivity index (χ2v) is 35.3. The van der Waals surface area contributed by atoms with Gasteiger partial charge in [0.1, 0.15) is 0 Å². The Morgan fingerprint density at radius 1 is 0.146 bits per heavy atom. The van der Waals surface area contributed by atoms with E-state index in [1.807, 2.05) is 0 Å². The molecule has 0 aliphatic rings. The van der Waals surface area contributed by atoms with Crippen LogP contribution in [0, 0.1) is 0 Å². The Balaban J connectivity index is -0.000000710. The minimum Gasteiger partial charge on any atom is -0.411 e. The van der Waals surface area contributed by atoms with Gasteiger partial charge < -0.3 is 89.2 Å². The van der Waals surface area contributed by atoms with Crippen molar-refractivity contribution in [1.82, 2.24) is 14.7 Å². The third-order valence-electron chi connectivity index (χ3n) is 22.0. The number of unbranched alkanes of at least 4 members (excludes halogenated alkanes) is 72. The molecule has 0 atom stereocenters. The molecule has 0 aromatic rings. The zero-order valence-corrected chi connectivity index (χ0v) is 78.6. The van der Waals surface area contributed by atoms with Gasteiger partial charge in [-0.15, -0.1) is 0 Å². The van der Waals surface area contributed by atoms with Gasteiger partial charge in [0.05, 0.1) is 0 Å². The van der Waals surface area contributed by atoms with Crippen molar-refractivity contribution in [3.63, 3.8) is 0 Å². The van der Waals surface area contributed by atoms with Crippen LogP contribution in [0.25, 0.3) is 0 Å². The summed E-state index contributed by atoms with van der Waals surface area (Å²) in [7, 11) is 0. The van der Waals surface area contributed by atoms with Crippen molar-refractivity contribution in [1.29, 1.82) is 0 Å². The summed E-state index contributed by atoms with van der Waals surface area (Å²) >= 11 is 32.1. The SMILES string of the molecule is CCCCCCCCCCCCCCCN(CCCCCCCCCCCCCCC)C(=S)[S-].CCCCCCCCCCCCCCCN(CCCCCCCCCCCCCCC)C(=S)[S-].CCCCCCCCCCCCCCCN(CCCCCCCCCCCCCCC)C(=S)[S-].[Sb+3]. The van der Waals surface area contributed by atoms with E-state index in [-0.39, 0.29) is 24.4 Å². The van der Waals surface area contributed by atoms with Crippen LogP contribution in [0.15, 0.2) is 0 Å². The standard InChI is InChI=1S/3C31H63NS2.Sb/c3*1-3-5-7-9-11-13-15-17-19-21-23-25-27-29-32(31(33)34)30-28-26-24-22-20-18-16-14-12-10-8-6-4-2;/h3*3-30H2,1-2H3,(H,33,34);/q;;;+3/p-3. The summed E-state index contributed by atoms with van der Waals surface area (Å²) < 4.78 is 2.08. The van der Waals surface area contributed by atoms with Gasteiger partial charge in [-0.2, -0.15) is 0 Å². The van der Waals surface area contributed by atoms with Gasteiger partial charge in [-0.25, -0.2) is 0 Å². The Labute approximate surface area is 702 Å². The minimum absolute atomic E-state index is 0. The van der Waals surface area contributed by atoms with Crippen LogP contribution in [0.2, 0.25) is 0 Å². The van der Waals surface area contributed by atoms with E-state index in [1.165, 1.54) is 501 Å². The molecule has 0 spiro atoms. The number of hydrogen-bond donors (Lipinski definition) is 0. The Hall–Kier alpha value is 1.15. The molecule has 0 rings (SSSR count). The predicted octanol–water partition coefficient (Wildman–Crippen LogP) is 33.5. The first-order chi connectivity index (χ1) is 50.2. The topological polar surface area (TPSA) is 9.72 Å². The summed E-state index contributed by atoms with van der Waals surface area (Å²) in [6.45, 7) is 20.3. The summed E-state index contributed by atoms with van der Waals surface area (Å²) in [4.78, 5) is 6.88. The van der Waals surface area contributed by atoms with Crippen LogP contribution in [0.1, 0.15) is 542 Å². The summed E-state index contributed by atoms with van der Waals surface area (Å²) in [6.07, 6.45) is 110. The minimum atomic E-state index is 0. The van der Waals surface area contributed by atoms with Crippen LogP contribution in [0.5, 0.6) is 0 Å². The first kappa shape index (κ1) is 110. The predicted molar refractivity (Wildman–Crippen MR) is 495 cm³/mol. The fourth-order valence-corrected chi connectivity index (χ4v) is 15.9. The fraction of sp³-hybridized carbons (Fsp3) is 0.968. The van der Waals surface area contributed by atoms with E-state index < -0.39 is 0 Å². The van der Waals surface area contributed by atoms with Crippen molar-refractivity contribution in [2.24, 2.45) is 0 Å². The quantitative estimate of drug-likeness (QED) is 0.0253. The Morgan fingerprint density at radius 2 is 0.214 bits per heavy atom. The van der Waals surface area contributed by atoms with Gasteiger partial charge in [0.15, 0.2) is 0 Å². The van der Waals surface area contributed by atoms with Gasteiger partial charge in [-0.05, 0) is 38.5 Å². The molecule has 0 aromatic heterocycles. The molecule has 0 fully saturated rings. The van der Waals surface area contributed by atoms with Crippen molar-refractivity contribution in [3.8, 4) is 0 Å². The molecule has 2 radical (unpaired) electrons. The van der Waals surface area contributed by atoms with Gasteiger partial charge in [0, 0.05) is 39.3 Å².